The van der Waals surface area contributed by atoms with Crippen molar-refractivity contribution in [1.29, 1.82) is 0 Å². The van der Waals surface area contributed by atoms with Crippen LogP contribution in [-0.2, 0) is 0 Å². The van der Waals surface area contributed by atoms with Gasteiger partial charge in [0.1, 0.15) is 5.82 Å². The van der Waals surface area contributed by atoms with Crippen molar-refractivity contribution in [1.82, 2.24) is 4.90 Å². The van der Waals surface area contributed by atoms with Crippen LogP contribution in [0.5, 0.6) is 0 Å². The Morgan fingerprint density at radius 3 is 2.22 bits per heavy atom. The third-order valence-electron chi connectivity index (χ3n) is 3.40. The van der Waals surface area contributed by atoms with Gasteiger partial charge in [-0.1, -0.05) is 6.92 Å². The van der Waals surface area contributed by atoms with Gasteiger partial charge >= 0.3 is 0 Å². The van der Waals surface area contributed by atoms with Crippen molar-refractivity contribution in [2.24, 2.45) is 5.73 Å². The van der Waals surface area contributed by atoms with Gasteiger partial charge in [0.15, 0.2) is 11.6 Å². The largest absolute Gasteiger partial charge is 0.329 e. The van der Waals surface area contributed by atoms with Gasteiger partial charge in [-0.25, -0.2) is 13.2 Å². The highest BCUT2D eigenvalue weighted by Crippen LogP contribution is 2.25. The number of likely N-dealkylation sites (N-methyl/N-ethyl adjacent to an activating group) is 1. The Bertz CT molecular complexity index is 409. The molecule has 0 aliphatic rings. The van der Waals surface area contributed by atoms with E-state index in [4.69, 9.17) is 5.73 Å². The molecular weight excluding hydrogens is 241 g/mol. The molecule has 0 spiro atoms. The summed E-state index contributed by atoms with van der Waals surface area (Å²) in [5.74, 6) is -3.00. The SMILES string of the molecule is CCC(C)N(C)C(CN)c1cc(F)c(F)cc1F. The second-order valence-electron chi connectivity index (χ2n) is 4.46. The molecule has 2 N–H and O–H groups in total. The highest BCUT2D eigenvalue weighted by Gasteiger charge is 2.23. The Hall–Kier alpha value is -1.07. The summed E-state index contributed by atoms with van der Waals surface area (Å²) in [5, 5.41) is 0. The van der Waals surface area contributed by atoms with Gasteiger partial charge in [-0.15, -0.1) is 0 Å². The van der Waals surface area contributed by atoms with Crippen LogP contribution in [-0.4, -0.2) is 24.5 Å². The first kappa shape index (κ1) is 15.0. The van der Waals surface area contributed by atoms with Crippen LogP contribution in [0.15, 0.2) is 12.1 Å². The number of halogens is 3. The van der Waals surface area contributed by atoms with E-state index < -0.39 is 23.5 Å². The summed E-state index contributed by atoms with van der Waals surface area (Å²) in [6.45, 7) is 4.11. The van der Waals surface area contributed by atoms with E-state index >= 15 is 0 Å². The van der Waals surface area contributed by atoms with E-state index in [1.807, 2.05) is 18.7 Å². The van der Waals surface area contributed by atoms with E-state index in [1.165, 1.54) is 0 Å². The zero-order valence-electron chi connectivity index (χ0n) is 10.9. The van der Waals surface area contributed by atoms with Crippen LogP contribution in [0.2, 0.25) is 0 Å². The summed E-state index contributed by atoms with van der Waals surface area (Å²) in [4.78, 5) is 1.87. The standard InChI is InChI=1S/C13H19F3N2/c1-4-8(2)18(3)13(7-17)9-5-11(15)12(16)6-10(9)14/h5-6,8,13H,4,7,17H2,1-3H3. The smallest absolute Gasteiger partial charge is 0.161 e. The predicted octanol–water partition coefficient (Wildman–Crippen LogP) is 2.83. The molecule has 0 aliphatic carbocycles. The van der Waals surface area contributed by atoms with E-state index in [0.717, 1.165) is 12.5 Å². The molecule has 0 radical (unpaired) electrons. The van der Waals surface area contributed by atoms with Crippen LogP contribution < -0.4 is 5.73 Å². The van der Waals surface area contributed by atoms with E-state index in [1.54, 1.807) is 7.05 Å². The number of nitrogens with two attached hydrogens (primary N) is 1. The van der Waals surface area contributed by atoms with Crippen LogP contribution in [0.3, 0.4) is 0 Å². The topological polar surface area (TPSA) is 29.3 Å². The molecule has 2 nitrogen and oxygen atoms in total. The van der Waals surface area contributed by atoms with Gasteiger partial charge in [-0.05, 0) is 26.5 Å². The molecule has 0 aromatic heterocycles. The Morgan fingerprint density at radius 1 is 1.17 bits per heavy atom. The summed E-state index contributed by atoms with van der Waals surface area (Å²) < 4.78 is 39.8. The fourth-order valence-corrected chi connectivity index (χ4v) is 1.90. The van der Waals surface area contributed by atoms with Crippen LogP contribution >= 0.6 is 0 Å². The number of hydrogen-bond donors (Lipinski definition) is 1. The van der Waals surface area contributed by atoms with Gasteiger partial charge in [-0.2, -0.15) is 0 Å². The average Bonchev–Trinajstić information content (AvgIpc) is 2.35. The minimum absolute atomic E-state index is 0.0965. The van der Waals surface area contributed by atoms with Crippen molar-refractivity contribution < 1.29 is 13.2 Å². The monoisotopic (exact) mass is 260 g/mol. The van der Waals surface area contributed by atoms with E-state index in [0.29, 0.717) is 6.07 Å². The van der Waals surface area contributed by atoms with Crippen molar-refractivity contribution in [2.75, 3.05) is 13.6 Å². The zero-order valence-corrected chi connectivity index (χ0v) is 10.9. The lowest BCUT2D eigenvalue weighted by Gasteiger charge is -2.32. The lowest BCUT2D eigenvalue weighted by Crippen LogP contribution is -2.37. The molecule has 1 aromatic carbocycles. The molecule has 0 saturated carbocycles. The zero-order chi connectivity index (χ0) is 13.9. The van der Waals surface area contributed by atoms with Crippen molar-refractivity contribution >= 4 is 0 Å². The molecule has 0 bridgehead atoms. The fraction of sp³-hybridized carbons (Fsp3) is 0.538. The minimum atomic E-state index is -1.18. The second kappa shape index (κ2) is 6.20. The molecule has 102 valence electrons. The normalized spacial score (nSPS) is 14.9. The van der Waals surface area contributed by atoms with E-state index in [2.05, 4.69) is 0 Å². The summed E-state index contributed by atoms with van der Waals surface area (Å²) in [6, 6.07) is 1.17. The van der Waals surface area contributed by atoms with Gasteiger partial charge in [-0.3, -0.25) is 4.90 Å². The molecular formula is C13H19F3N2. The Morgan fingerprint density at radius 2 is 1.72 bits per heavy atom. The maximum absolute atomic E-state index is 13.7. The first-order valence-corrected chi connectivity index (χ1v) is 5.98. The molecule has 1 aromatic rings. The van der Waals surface area contributed by atoms with Gasteiger partial charge < -0.3 is 5.73 Å². The maximum atomic E-state index is 13.7. The first-order valence-electron chi connectivity index (χ1n) is 5.98. The summed E-state index contributed by atoms with van der Waals surface area (Å²) in [6.07, 6.45) is 0.859. The van der Waals surface area contributed by atoms with E-state index in [9.17, 15) is 13.2 Å². The van der Waals surface area contributed by atoms with Gasteiger partial charge in [0.05, 0.1) is 0 Å². The lowest BCUT2D eigenvalue weighted by molar-refractivity contribution is 0.180. The Balaban J connectivity index is 3.13. The molecule has 0 saturated heterocycles. The van der Waals surface area contributed by atoms with Crippen LogP contribution in [0.25, 0.3) is 0 Å². The van der Waals surface area contributed by atoms with Gasteiger partial charge in [0, 0.05) is 30.3 Å². The highest BCUT2D eigenvalue weighted by atomic mass is 19.2. The van der Waals surface area contributed by atoms with Crippen molar-refractivity contribution in [3.8, 4) is 0 Å². The Labute approximate surface area is 106 Å². The molecule has 0 fully saturated rings. The van der Waals surface area contributed by atoms with Gasteiger partial charge in [0.25, 0.3) is 0 Å². The molecule has 2 unspecified atom stereocenters. The van der Waals surface area contributed by atoms with Crippen LogP contribution in [0.4, 0.5) is 13.2 Å². The number of hydrogen-bond acceptors (Lipinski definition) is 2. The quantitative estimate of drug-likeness (QED) is 0.825. The van der Waals surface area contributed by atoms with Crippen LogP contribution in [0.1, 0.15) is 31.9 Å². The molecule has 18 heavy (non-hydrogen) atoms. The third-order valence-corrected chi connectivity index (χ3v) is 3.40. The van der Waals surface area contributed by atoms with E-state index in [-0.39, 0.29) is 18.2 Å². The second-order valence-corrected chi connectivity index (χ2v) is 4.46. The Kier molecular flexibility index (Phi) is 5.16. The molecule has 1 rings (SSSR count). The summed E-state index contributed by atoms with van der Waals surface area (Å²) in [5.41, 5.74) is 5.73. The summed E-state index contributed by atoms with van der Waals surface area (Å²) >= 11 is 0. The number of benzene rings is 1. The highest BCUT2D eigenvalue weighted by molar-refractivity contribution is 5.24. The van der Waals surface area contributed by atoms with Crippen LogP contribution in [0, 0.1) is 17.5 Å². The van der Waals surface area contributed by atoms with Crippen molar-refractivity contribution in [3.05, 3.63) is 35.1 Å². The predicted molar refractivity (Wildman–Crippen MR) is 65.6 cm³/mol. The molecule has 0 amide bonds. The van der Waals surface area contributed by atoms with Crippen molar-refractivity contribution in [3.63, 3.8) is 0 Å². The lowest BCUT2D eigenvalue weighted by atomic mass is 10.0. The molecule has 2 atom stereocenters. The average molecular weight is 260 g/mol. The fourth-order valence-electron chi connectivity index (χ4n) is 1.90. The molecule has 5 heteroatoms. The third kappa shape index (κ3) is 3.03. The number of nitrogens with zero attached hydrogens (tertiary/aromatic N) is 1. The maximum Gasteiger partial charge on any atom is 0.161 e. The molecule has 0 aliphatic heterocycles. The first-order chi connectivity index (χ1) is 8.42. The van der Waals surface area contributed by atoms with Crippen molar-refractivity contribution in [2.45, 2.75) is 32.4 Å². The molecule has 0 heterocycles. The number of rotatable bonds is 5. The minimum Gasteiger partial charge on any atom is -0.329 e. The van der Waals surface area contributed by atoms with Gasteiger partial charge in [0.2, 0.25) is 0 Å². The summed E-state index contributed by atoms with van der Waals surface area (Å²) in [7, 11) is 1.80.